The van der Waals surface area contributed by atoms with E-state index in [4.69, 9.17) is 23.8 Å². The topological polar surface area (TPSA) is 31.4 Å². The first kappa shape index (κ1) is 24.8. The predicted octanol–water partition coefficient (Wildman–Crippen LogP) is 7.67. The smallest absolute Gasteiger partial charge is 0.174 e. The van der Waals surface area contributed by atoms with Gasteiger partial charge in [0.1, 0.15) is 0 Å². The maximum Gasteiger partial charge on any atom is 0.174 e. The van der Waals surface area contributed by atoms with E-state index in [0.29, 0.717) is 11.0 Å². The summed E-state index contributed by atoms with van der Waals surface area (Å²) in [7, 11) is 2.13. The third kappa shape index (κ3) is 4.18. The monoisotopic (exact) mass is 516 g/mol. The molecule has 2 aliphatic heterocycles. The molecule has 0 bridgehead atoms. The van der Waals surface area contributed by atoms with Crippen LogP contribution in [0, 0.1) is 0 Å². The fourth-order valence-corrected chi connectivity index (χ4v) is 6.00. The van der Waals surface area contributed by atoms with Crippen molar-refractivity contribution in [1.82, 2.24) is 10.3 Å². The van der Waals surface area contributed by atoms with Crippen molar-refractivity contribution in [2.45, 2.75) is 58.2 Å². The number of benzene rings is 2. The Labute approximate surface area is 225 Å². The molecule has 0 saturated carbocycles. The van der Waals surface area contributed by atoms with Crippen LogP contribution in [0.5, 0.6) is 0 Å². The number of nitrogens with one attached hydrogen (secondary N) is 1. The standard InChI is InChI=1S/C30H33ClN4S/c1-18(2)20-10-12-21(13-11-20)35-28(27(33-29(35)36)25-9-7-8-14-32-25)23-15-22-19(3)17-30(4,5)34(6)26(22)16-24(23)31/h7-18,27-28H,1-6H3,(H,33,36)/t27-,28-/m1/s1. The highest BCUT2D eigenvalue weighted by Gasteiger charge is 2.42. The third-order valence-electron chi connectivity index (χ3n) is 7.59. The van der Waals surface area contributed by atoms with Gasteiger partial charge in [-0.15, -0.1) is 0 Å². The lowest BCUT2D eigenvalue weighted by Crippen LogP contribution is -2.42. The van der Waals surface area contributed by atoms with Crippen LogP contribution in [0.2, 0.25) is 5.02 Å². The van der Waals surface area contributed by atoms with Crippen LogP contribution >= 0.6 is 23.8 Å². The van der Waals surface area contributed by atoms with E-state index in [9.17, 15) is 0 Å². The molecule has 0 unspecified atom stereocenters. The van der Waals surface area contributed by atoms with Crippen LogP contribution < -0.4 is 15.1 Å². The Hall–Kier alpha value is -2.89. The van der Waals surface area contributed by atoms with Crippen molar-refractivity contribution in [3.8, 4) is 0 Å². The number of anilines is 2. The molecule has 4 nitrogen and oxygen atoms in total. The summed E-state index contributed by atoms with van der Waals surface area (Å²) < 4.78 is 0. The Bertz CT molecular complexity index is 1330. The van der Waals surface area contributed by atoms with Crippen molar-refractivity contribution in [2.24, 2.45) is 0 Å². The largest absolute Gasteiger partial charge is 0.365 e. The number of pyridine rings is 1. The second-order valence-electron chi connectivity index (χ2n) is 10.7. The van der Waals surface area contributed by atoms with Gasteiger partial charge in [-0.2, -0.15) is 0 Å². The van der Waals surface area contributed by atoms with Gasteiger partial charge in [0.05, 0.1) is 23.3 Å². The zero-order chi connectivity index (χ0) is 25.8. The van der Waals surface area contributed by atoms with Crippen molar-refractivity contribution in [3.05, 3.63) is 94.3 Å². The molecule has 0 spiro atoms. The summed E-state index contributed by atoms with van der Waals surface area (Å²) in [6.45, 7) is 11.0. The summed E-state index contributed by atoms with van der Waals surface area (Å²) in [5, 5.41) is 4.96. The van der Waals surface area contributed by atoms with E-state index in [-0.39, 0.29) is 17.6 Å². The summed E-state index contributed by atoms with van der Waals surface area (Å²) >= 11 is 13.0. The molecular weight excluding hydrogens is 484 g/mol. The second-order valence-corrected chi connectivity index (χ2v) is 11.5. The Morgan fingerprint density at radius 1 is 1.08 bits per heavy atom. The Morgan fingerprint density at radius 3 is 2.44 bits per heavy atom. The number of aromatic nitrogens is 1. The lowest BCUT2D eigenvalue weighted by Gasteiger charge is -2.41. The number of halogens is 1. The van der Waals surface area contributed by atoms with E-state index in [1.54, 1.807) is 0 Å². The molecule has 2 aromatic carbocycles. The molecule has 5 rings (SSSR count). The number of likely N-dealkylation sites (N-methyl/N-ethyl adjacent to an activating group) is 1. The first-order valence-electron chi connectivity index (χ1n) is 12.5. The lowest BCUT2D eigenvalue weighted by atomic mass is 9.86. The molecule has 1 aromatic heterocycles. The Morgan fingerprint density at radius 2 is 1.81 bits per heavy atom. The van der Waals surface area contributed by atoms with Crippen LogP contribution in [0.15, 0.2) is 66.9 Å². The average molecular weight is 517 g/mol. The first-order chi connectivity index (χ1) is 17.1. The lowest BCUT2D eigenvalue weighted by molar-refractivity contribution is 0.567. The van der Waals surface area contributed by atoms with Gasteiger partial charge in [0.15, 0.2) is 5.11 Å². The van der Waals surface area contributed by atoms with Gasteiger partial charge in [0.2, 0.25) is 0 Å². The summed E-state index contributed by atoms with van der Waals surface area (Å²) in [5.74, 6) is 0.464. The number of rotatable bonds is 4. The minimum atomic E-state index is -0.150. The quantitative estimate of drug-likeness (QED) is 0.359. The number of hydrogen-bond donors (Lipinski definition) is 1. The summed E-state index contributed by atoms with van der Waals surface area (Å²) in [6, 6.07) is 18.8. The van der Waals surface area contributed by atoms with Gasteiger partial charge < -0.3 is 15.1 Å². The minimum absolute atomic E-state index is 0.0842. The van der Waals surface area contributed by atoms with Crippen molar-refractivity contribution >= 4 is 45.9 Å². The highest BCUT2D eigenvalue weighted by molar-refractivity contribution is 7.80. The molecule has 0 amide bonds. The molecule has 1 saturated heterocycles. The van der Waals surface area contributed by atoms with Gasteiger partial charge in [-0.3, -0.25) is 4.98 Å². The fourth-order valence-electron chi connectivity index (χ4n) is 5.38. The highest BCUT2D eigenvalue weighted by Crippen LogP contribution is 2.47. The average Bonchev–Trinajstić information content (AvgIpc) is 3.19. The number of thiocarbonyl (C=S) groups is 1. The number of hydrogen-bond acceptors (Lipinski definition) is 3. The van der Waals surface area contributed by atoms with Crippen LogP contribution in [0.25, 0.3) is 5.57 Å². The molecule has 6 heteroatoms. The van der Waals surface area contributed by atoms with E-state index >= 15 is 0 Å². The van der Waals surface area contributed by atoms with Crippen LogP contribution in [-0.4, -0.2) is 22.7 Å². The van der Waals surface area contributed by atoms with E-state index in [1.165, 1.54) is 16.7 Å². The third-order valence-corrected chi connectivity index (χ3v) is 8.23. The molecule has 3 heterocycles. The molecule has 2 aliphatic rings. The van der Waals surface area contributed by atoms with E-state index in [1.807, 2.05) is 24.4 Å². The Kier molecular flexibility index (Phi) is 6.34. The Balaban J connectivity index is 1.68. The molecule has 0 aliphatic carbocycles. The zero-order valence-electron chi connectivity index (χ0n) is 21.7. The number of allylic oxidation sites excluding steroid dienone is 1. The van der Waals surface area contributed by atoms with Gasteiger partial charge in [-0.1, -0.05) is 49.7 Å². The normalized spacial score (nSPS) is 20.9. The van der Waals surface area contributed by atoms with E-state index < -0.39 is 0 Å². The molecule has 1 fully saturated rings. The molecule has 1 N–H and O–H groups in total. The fraction of sp³-hybridized carbons (Fsp3) is 0.333. The van der Waals surface area contributed by atoms with Crippen molar-refractivity contribution in [2.75, 3.05) is 16.8 Å². The number of fused-ring (bicyclic) bond motifs is 1. The van der Waals surface area contributed by atoms with Crippen molar-refractivity contribution in [3.63, 3.8) is 0 Å². The second kappa shape index (κ2) is 9.20. The maximum atomic E-state index is 7.10. The molecule has 36 heavy (non-hydrogen) atoms. The summed E-state index contributed by atoms with van der Waals surface area (Å²) in [4.78, 5) is 9.18. The summed E-state index contributed by atoms with van der Waals surface area (Å²) in [5.41, 5.74) is 7.82. The molecule has 3 aromatic rings. The molecule has 0 radical (unpaired) electrons. The van der Waals surface area contributed by atoms with Gasteiger partial charge >= 0.3 is 0 Å². The van der Waals surface area contributed by atoms with Crippen LogP contribution in [0.4, 0.5) is 11.4 Å². The van der Waals surface area contributed by atoms with Crippen LogP contribution in [0.1, 0.15) is 75.0 Å². The predicted molar refractivity (Wildman–Crippen MR) is 156 cm³/mol. The van der Waals surface area contributed by atoms with E-state index in [0.717, 1.165) is 27.7 Å². The molecular formula is C30H33ClN4S. The van der Waals surface area contributed by atoms with Gasteiger partial charge in [-0.05, 0) is 92.0 Å². The van der Waals surface area contributed by atoms with E-state index in [2.05, 4.69) is 104 Å². The maximum absolute atomic E-state index is 7.10. The van der Waals surface area contributed by atoms with Crippen molar-refractivity contribution in [1.29, 1.82) is 0 Å². The molecule has 186 valence electrons. The first-order valence-corrected chi connectivity index (χ1v) is 13.2. The van der Waals surface area contributed by atoms with Crippen molar-refractivity contribution < 1.29 is 0 Å². The zero-order valence-corrected chi connectivity index (χ0v) is 23.3. The van der Waals surface area contributed by atoms with Gasteiger partial charge in [-0.25, -0.2) is 0 Å². The van der Waals surface area contributed by atoms with Gasteiger partial charge in [0.25, 0.3) is 0 Å². The SMILES string of the molecule is CC1=CC(C)(C)N(C)c2cc(Cl)c([C@@H]3[C@@H](c4ccccn4)NC(=S)N3c3ccc(C(C)C)cc3)cc21. The highest BCUT2D eigenvalue weighted by atomic mass is 35.5. The molecule has 2 atom stereocenters. The van der Waals surface area contributed by atoms with Crippen LogP contribution in [0.3, 0.4) is 0 Å². The minimum Gasteiger partial charge on any atom is -0.365 e. The van der Waals surface area contributed by atoms with Crippen LogP contribution in [-0.2, 0) is 0 Å². The number of nitrogens with zero attached hydrogens (tertiary/aromatic N) is 3. The summed E-state index contributed by atoms with van der Waals surface area (Å²) in [6.07, 6.45) is 4.15. The van der Waals surface area contributed by atoms with Gasteiger partial charge in [0, 0.05) is 35.2 Å².